The van der Waals surface area contributed by atoms with Crippen LogP contribution in [0.3, 0.4) is 0 Å². The number of thiazole rings is 1. The van der Waals surface area contributed by atoms with Gasteiger partial charge in [0.2, 0.25) is 0 Å². The molecule has 0 N–H and O–H groups in total. The third kappa shape index (κ3) is 3.09. The second kappa shape index (κ2) is 7.05. The first-order valence-electron chi connectivity index (χ1n) is 8.12. The molecule has 4 aromatic heterocycles. The van der Waals surface area contributed by atoms with Gasteiger partial charge in [0.05, 0.1) is 28.2 Å². The molecule has 0 aliphatic rings. The van der Waals surface area contributed by atoms with Crippen LogP contribution in [0.25, 0.3) is 37.8 Å². The van der Waals surface area contributed by atoms with Crippen LogP contribution in [0, 0.1) is 6.92 Å². The summed E-state index contributed by atoms with van der Waals surface area (Å²) in [6.45, 7) is 9.35. The Hall–Kier alpha value is -3.45. The van der Waals surface area contributed by atoms with Gasteiger partial charge in [0.25, 0.3) is 0 Å². The summed E-state index contributed by atoms with van der Waals surface area (Å²) < 4.78 is 5.63. The Kier molecular flexibility index (Phi) is 4.43. The van der Waals surface area contributed by atoms with E-state index in [0.717, 1.165) is 37.8 Å². The minimum atomic E-state index is 0.636. The first-order chi connectivity index (χ1) is 13.2. The second-order valence-corrected chi connectivity index (χ2v) is 6.69. The Morgan fingerprint density at radius 2 is 2.07 bits per heavy atom. The van der Waals surface area contributed by atoms with E-state index in [0.29, 0.717) is 11.4 Å². The number of rotatable bonds is 5. The predicted molar refractivity (Wildman–Crippen MR) is 109 cm³/mol. The molecule has 0 aliphatic carbocycles. The van der Waals surface area contributed by atoms with Gasteiger partial charge in [0.1, 0.15) is 22.6 Å². The van der Waals surface area contributed by atoms with Gasteiger partial charge in [-0.2, -0.15) is 0 Å². The topological polar surface area (TPSA) is 77.1 Å². The fourth-order valence-corrected chi connectivity index (χ4v) is 3.76. The fourth-order valence-electron chi connectivity index (χ4n) is 2.76. The van der Waals surface area contributed by atoms with E-state index in [1.807, 2.05) is 19.1 Å². The van der Waals surface area contributed by atoms with Gasteiger partial charge in [0, 0.05) is 29.4 Å². The van der Waals surface area contributed by atoms with Crippen molar-refractivity contribution in [2.24, 2.45) is 4.99 Å². The van der Waals surface area contributed by atoms with Crippen LogP contribution in [-0.2, 0) is 0 Å². The van der Waals surface area contributed by atoms with E-state index >= 15 is 0 Å². The molecule has 7 heteroatoms. The molecule has 0 radical (unpaired) electrons. The van der Waals surface area contributed by atoms with E-state index in [1.54, 1.807) is 30.8 Å². The molecule has 4 aromatic rings. The Morgan fingerprint density at radius 1 is 1.26 bits per heavy atom. The Morgan fingerprint density at radius 3 is 2.81 bits per heavy atom. The highest BCUT2D eigenvalue weighted by Crippen LogP contribution is 2.36. The third-order valence-corrected chi connectivity index (χ3v) is 5.20. The van der Waals surface area contributed by atoms with Crippen molar-refractivity contribution in [2.45, 2.75) is 6.92 Å². The summed E-state index contributed by atoms with van der Waals surface area (Å²) >= 11 is 1.54. The fraction of sp³-hybridized carbons (Fsp3) is 0.0500. The van der Waals surface area contributed by atoms with Crippen LogP contribution in [0.5, 0.6) is 0 Å². The number of hydrogen-bond donors (Lipinski definition) is 0. The van der Waals surface area contributed by atoms with Crippen molar-refractivity contribution in [3.05, 3.63) is 67.2 Å². The SMILES string of the molecule is C=C/C=C(\N=C)c1nc(-c2sc(-c3cncnc3)nc2C)cc2occc12. The molecule has 0 saturated heterocycles. The summed E-state index contributed by atoms with van der Waals surface area (Å²) in [4.78, 5) is 22.7. The molecule has 0 amide bonds. The predicted octanol–water partition coefficient (Wildman–Crippen LogP) is 4.94. The molecule has 0 unspecified atom stereocenters. The first kappa shape index (κ1) is 17.0. The highest BCUT2D eigenvalue weighted by molar-refractivity contribution is 7.18. The van der Waals surface area contributed by atoms with Crippen molar-refractivity contribution in [2.75, 3.05) is 0 Å². The molecule has 0 aliphatic heterocycles. The van der Waals surface area contributed by atoms with Crippen LogP contribution < -0.4 is 0 Å². The molecule has 0 fully saturated rings. The van der Waals surface area contributed by atoms with Gasteiger partial charge in [-0.05, 0) is 25.8 Å². The van der Waals surface area contributed by atoms with E-state index in [4.69, 9.17) is 9.40 Å². The summed E-state index contributed by atoms with van der Waals surface area (Å²) in [6.07, 6.45) is 10.1. The zero-order valence-electron chi connectivity index (χ0n) is 14.6. The average Bonchev–Trinajstić information content (AvgIpc) is 3.32. The number of aliphatic imine (C=N–C) groups is 1. The molecule has 0 spiro atoms. The first-order valence-corrected chi connectivity index (χ1v) is 8.94. The van der Waals surface area contributed by atoms with Gasteiger partial charge in [-0.15, -0.1) is 11.3 Å². The van der Waals surface area contributed by atoms with Gasteiger partial charge in [-0.3, -0.25) is 4.99 Å². The molecule has 4 rings (SSSR count). The number of pyridine rings is 1. The Labute approximate surface area is 159 Å². The Balaban J connectivity index is 1.90. The van der Waals surface area contributed by atoms with Gasteiger partial charge in [0.15, 0.2) is 0 Å². The molecule has 0 bridgehead atoms. The standard InChI is InChI=1S/C20H15N5OS/c1-4-5-15(21-3)18-14-6-7-26-17(14)8-16(25-18)19-12(2)24-20(27-19)13-9-22-11-23-10-13/h4-11H,1,3H2,2H3/b15-5-. The lowest BCUT2D eigenvalue weighted by molar-refractivity contribution is 0.615. The summed E-state index contributed by atoms with van der Waals surface area (Å²) in [5, 5.41) is 1.72. The highest BCUT2D eigenvalue weighted by atomic mass is 32.1. The van der Waals surface area contributed by atoms with Crippen molar-refractivity contribution in [1.82, 2.24) is 19.9 Å². The maximum Gasteiger partial charge on any atom is 0.138 e. The smallest absolute Gasteiger partial charge is 0.138 e. The molecule has 27 heavy (non-hydrogen) atoms. The van der Waals surface area contributed by atoms with Gasteiger partial charge >= 0.3 is 0 Å². The lowest BCUT2D eigenvalue weighted by atomic mass is 10.1. The van der Waals surface area contributed by atoms with Crippen LogP contribution in [0.1, 0.15) is 11.4 Å². The molecule has 4 heterocycles. The number of hydrogen-bond acceptors (Lipinski definition) is 7. The second-order valence-electron chi connectivity index (χ2n) is 5.69. The molecular formula is C20H15N5OS. The Bertz CT molecular complexity index is 1170. The molecule has 0 atom stereocenters. The third-order valence-electron chi connectivity index (χ3n) is 3.98. The van der Waals surface area contributed by atoms with Gasteiger partial charge in [-0.25, -0.2) is 19.9 Å². The largest absolute Gasteiger partial charge is 0.464 e. The van der Waals surface area contributed by atoms with Crippen LogP contribution in [0.4, 0.5) is 0 Å². The lowest BCUT2D eigenvalue weighted by Gasteiger charge is -2.06. The van der Waals surface area contributed by atoms with Gasteiger partial charge < -0.3 is 4.42 Å². The molecule has 132 valence electrons. The number of fused-ring (bicyclic) bond motifs is 1. The maximum atomic E-state index is 5.63. The zero-order valence-corrected chi connectivity index (χ0v) is 15.4. The summed E-state index contributed by atoms with van der Waals surface area (Å²) in [7, 11) is 0. The van der Waals surface area contributed by atoms with Crippen molar-refractivity contribution in [3.8, 4) is 21.1 Å². The van der Waals surface area contributed by atoms with E-state index in [9.17, 15) is 0 Å². The number of furan rings is 1. The van der Waals surface area contributed by atoms with Crippen molar-refractivity contribution >= 4 is 34.7 Å². The zero-order chi connectivity index (χ0) is 18.8. The molecule has 0 aromatic carbocycles. The average molecular weight is 373 g/mol. The summed E-state index contributed by atoms with van der Waals surface area (Å²) in [5.74, 6) is 0. The number of allylic oxidation sites excluding steroid dienone is 2. The van der Waals surface area contributed by atoms with E-state index < -0.39 is 0 Å². The van der Waals surface area contributed by atoms with Crippen molar-refractivity contribution in [3.63, 3.8) is 0 Å². The van der Waals surface area contributed by atoms with Crippen molar-refractivity contribution in [1.29, 1.82) is 0 Å². The van der Waals surface area contributed by atoms with Crippen LogP contribution in [-0.4, -0.2) is 26.7 Å². The molecule has 0 saturated carbocycles. The van der Waals surface area contributed by atoms with E-state index in [1.165, 1.54) is 17.7 Å². The summed E-state index contributed by atoms with van der Waals surface area (Å²) in [6, 6.07) is 3.79. The van der Waals surface area contributed by atoms with Crippen LogP contribution >= 0.6 is 11.3 Å². The number of nitrogens with zero attached hydrogens (tertiary/aromatic N) is 5. The lowest BCUT2D eigenvalue weighted by Crippen LogP contribution is -1.92. The van der Waals surface area contributed by atoms with Crippen LogP contribution in [0.2, 0.25) is 0 Å². The minimum Gasteiger partial charge on any atom is -0.464 e. The molecule has 6 nitrogen and oxygen atoms in total. The quantitative estimate of drug-likeness (QED) is 0.366. The summed E-state index contributed by atoms with van der Waals surface area (Å²) in [5.41, 5.74) is 4.58. The maximum absolute atomic E-state index is 5.63. The van der Waals surface area contributed by atoms with E-state index in [2.05, 4.69) is 33.2 Å². The van der Waals surface area contributed by atoms with Gasteiger partial charge in [-0.1, -0.05) is 12.7 Å². The minimum absolute atomic E-state index is 0.636. The normalized spacial score (nSPS) is 11.7. The van der Waals surface area contributed by atoms with Crippen molar-refractivity contribution < 1.29 is 4.42 Å². The monoisotopic (exact) mass is 373 g/mol. The van der Waals surface area contributed by atoms with Crippen LogP contribution in [0.15, 0.2) is 65.3 Å². The van der Waals surface area contributed by atoms with E-state index in [-0.39, 0.29) is 0 Å². The number of aryl methyl sites for hydroxylation is 1. The highest BCUT2D eigenvalue weighted by Gasteiger charge is 2.17. The number of aromatic nitrogens is 4. The molecular weight excluding hydrogens is 358 g/mol.